The lowest BCUT2D eigenvalue weighted by Crippen LogP contribution is -2.28. The Morgan fingerprint density at radius 1 is 1.38 bits per heavy atom. The molecular weight excluding hydrogens is 246 g/mol. The Kier molecular flexibility index (Phi) is 3.81. The van der Waals surface area contributed by atoms with Gasteiger partial charge in [0.1, 0.15) is 4.83 Å². The normalized spacial score (nSPS) is 10.0. The van der Waals surface area contributed by atoms with Crippen LogP contribution >= 0.6 is 23.6 Å². The molecular formula is C8H13N5OS2. The molecule has 0 fully saturated rings. The van der Waals surface area contributed by atoms with Crippen LogP contribution in [0.4, 0.5) is 0 Å². The lowest BCUT2D eigenvalue weighted by atomic mass is 10.2. The zero-order chi connectivity index (χ0) is 12.5. The lowest BCUT2D eigenvalue weighted by molar-refractivity contribution is 0.893. The Labute approximate surface area is 101 Å². The zero-order valence-corrected chi connectivity index (χ0v) is 10.5. The van der Waals surface area contributed by atoms with Crippen molar-refractivity contribution in [3.8, 4) is 0 Å². The molecule has 0 spiro atoms. The summed E-state index contributed by atoms with van der Waals surface area (Å²) in [6.45, 7) is 3.88. The minimum absolute atomic E-state index is 0.231. The van der Waals surface area contributed by atoms with Gasteiger partial charge in [-0.3, -0.25) is 16.5 Å². The van der Waals surface area contributed by atoms with Crippen molar-refractivity contribution in [3.05, 3.63) is 25.6 Å². The van der Waals surface area contributed by atoms with Gasteiger partial charge >= 0.3 is 0 Å². The van der Waals surface area contributed by atoms with Crippen molar-refractivity contribution < 1.29 is 0 Å². The highest BCUT2D eigenvalue weighted by Gasteiger charge is 2.10. The van der Waals surface area contributed by atoms with Gasteiger partial charge in [-0.15, -0.1) is 11.3 Å². The topological polar surface area (TPSA) is 116 Å². The Hall–Kier alpha value is -1.22. The van der Waals surface area contributed by atoms with Crippen molar-refractivity contribution in [2.24, 2.45) is 11.7 Å². The molecule has 2 rings (SSSR count). The number of rotatable bonds is 0. The minimum Gasteiger partial charge on any atom is -0.334 e. The van der Waals surface area contributed by atoms with Crippen molar-refractivity contribution in [2.75, 3.05) is 5.84 Å². The number of aromatic amines is 1. The monoisotopic (exact) mass is 259 g/mol. The molecule has 0 aliphatic heterocycles. The molecule has 8 heteroatoms. The number of nitrogens with one attached hydrogen (secondary N) is 1. The Balaban J connectivity index is 0.000000606. The number of fused-ring (bicyclic) bond motifs is 1. The molecule has 88 valence electrons. The minimum atomic E-state index is -0.231. The van der Waals surface area contributed by atoms with E-state index in [0.717, 1.165) is 19.9 Å². The average Bonchev–Trinajstić information content (AvgIpc) is 2.54. The summed E-state index contributed by atoms with van der Waals surface area (Å²) in [6.07, 6.45) is 0. The van der Waals surface area contributed by atoms with Crippen molar-refractivity contribution in [2.45, 2.75) is 13.8 Å². The van der Waals surface area contributed by atoms with Gasteiger partial charge in [0.2, 0.25) is 0 Å². The first-order valence-electron chi connectivity index (χ1n) is 4.36. The highest BCUT2D eigenvalue weighted by atomic mass is 32.1. The number of hydrogen-bond acceptors (Lipinski definition) is 6. The molecule has 0 aromatic carbocycles. The van der Waals surface area contributed by atoms with Gasteiger partial charge in [0.05, 0.1) is 5.39 Å². The molecule has 2 aromatic rings. The Bertz CT molecular complexity index is 624. The number of aryl methyl sites for hydroxylation is 2. The summed E-state index contributed by atoms with van der Waals surface area (Å²) >= 11 is 6.43. The molecule has 16 heavy (non-hydrogen) atoms. The Morgan fingerprint density at radius 3 is 2.50 bits per heavy atom. The standard InChI is InChI=1S/C8H9N3OS2.H4N2/c1-3-4(2)14-6-5(3)7(12)11(9)8(13)10-6;1-2/h9H2,1-2H3,(H,10,13);1-2H2. The van der Waals surface area contributed by atoms with Crippen LogP contribution in [0.5, 0.6) is 0 Å². The molecule has 0 saturated carbocycles. The fraction of sp³-hybridized carbons (Fsp3) is 0.250. The van der Waals surface area contributed by atoms with Crippen LogP contribution < -0.4 is 23.1 Å². The molecule has 0 saturated heterocycles. The van der Waals surface area contributed by atoms with E-state index in [1.807, 2.05) is 13.8 Å². The van der Waals surface area contributed by atoms with Gasteiger partial charge in [-0.2, -0.15) is 4.68 Å². The number of nitrogens with zero attached hydrogens (tertiary/aromatic N) is 1. The second-order valence-corrected chi connectivity index (χ2v) is 4.70. The predicted molar refractivity (Wildman–Crippen MR) is 69.3 cm³/mol. The summed E-state index contributed by atoms with van der Waals surface area (Å²) < 4.78 is 1.22. The van der Waals surface area contributed by atoms with Gasteiger partial charge in [0.25, 0.3) is 5.56 Å². The molecule has 0 bridgehead atoms. The highest BCUT2D eigenvalue weighted by Crippen LogP contribution is 2.25. The van der Waals surface area contributed by atoms with E-state index in [4.69, 9.17) is 18.1 Å². The van der Waals surface area contributed by atoms with E-state index in [1.54, 1.807) is 0 Å². The smallest absolute Gasteiger partial charge is 0.281 e. The van der Waals surface area contributed by atoms with Crippen LogP contribution in [0.1, 0.15) is 10.4 Å². The third-order valence-electron chi connectivity index (χ3n) is 2.26. The van der Waals surface area contributed by atoms with Crippen LogP contribution in [-0.4, -0.2) is 9.66 Å². The number of thiophene rings is 1. The second-order valence-electron chi connectivity index (χ2n) is 3.09. The number of aromatic nitrogens is 2. The van der Waals surface area contributed by atoms with E-state index < -0.39 is 0 Å². The first-order chi connectivity index (χ1) is 7.52. The van der Waals surface area contributed by atoms with E-state index in [-0.39, 0.29) is 10.3 Å². The molecule has 0 amide bonds. The maximum absolute atomic E-state index is 11.7. The third kappa shape index (κ3) is 1.87. The van der Waals surface area contributed by atoms with Crippen molar-refractivity contribution >= 4 is 33.8 Å². The summed E-state index contributed by atoms with van der Waals surface area (Å²) in [5.41, 5.74) is 0.742. The van der Waals surface area contributed by atoms with Gasteiger partial charge < -0.3 is 10.8 Å². The molecule has 0 radical (unpaired) electrons. The van der Waals surface area contributed by atoms with Crippen molar-refractivity contribution in [1.82, 2.24) is 9.66 Å². The summed E-state index contributed by atoms with van der Waals surface area (Å²) in [6, 6.07) is 0. The number of hydrazine groups is 1. The molecule has 6 nitrogen and oxygen atoms in total. The van der Waals surface area contributed by atoms with Crippen molar-refractivity contribution in [3.63, 3.8) is 0 Å². The maximum Gasteiger partial charge on any atom is 0.281 e. The molecule has 7 N–H and O–H groups in total. The molecule has 0 aliphatic carbocycles. The van der Waals surface area contributed by atoms with E-state index in [0.29, 0.717) is 5.39 Å². The van der Waals surface area contributed by atoms with E-state index in [1.165, 1.54) is 11.3 Å². The summed E-state index contributed by atoms with van der Waals surface area (Å²) in [5, 5.41) is 0.642. The molecule has 0 aliphatic rings. The predicted octanol–water partition coefficient (Wildman–Crippen LogP) is 0.270. The van der Waals surface area contributed by atoms with Crippen LogP contribution in [0.15, 0.2) is 4.79 Å². The molecule has 2 heterocycles. The van der Waals surface area contributed by atoms with Gasteiger partial charge in [0, 0.05) is 4.88 Å². The first-order valence-corrected chi connectivity index (χ1v) is 5.58. The summed E-state index contributed by atoms with van der Waals surface area (Å²) in [5.74, 6) is 13.5. The Morgan fingerprint density at radius 2 is 1.94 bits per heavy atom. The largest absolute Gasteiger partial charge is 0.334 e. The van der Waals surface area contributed by atoms with Gasteiger partial charge in [0.15, 0.2) is 4.77 Å². The SMILES string of the molecule is Cc1sc2[nH]c(=S)n(N)c(=O)c2c1C.NN. The third-order valence-corrected chi connectivity index (χ3v) is 3.68. The fourth-order valence-corrected chi connectivity index (χ4v) is 2.64. The molecule has 0 atom stereocenters. The maximum atomic E-state index is 11.7. The van der Waals surface area contributed by atoms with Crippen LogP contribution in [0.2, 0.25) is 0 Å². The number of nitrogen functional groups attached to an aromatic ring is 1. The van der Waals surface area contributed by atoms with E-state index in [9.17, 15) is 4.79 Å². The zero-order valence-electron chi connectivity index (χ0n) is 8.90. The van der Waals surface area contributed by atoms with Crippen molar-refractivity contribution in [1.29, 1.82) is 0 Å². The lowest BCUT2D eigenvalue weighted by Gasteiger charge is -1.98. The van der Waals surface area contributed by atoms with E-state index in [2.05, 4.69) is 16.7 Å². The number of nitrogens with two attached hydrogens (primary N) is 3. The fourth-order valence-electron chi connectivity index (χ4n) is 1.34. The summed E-state index contributed by atoms with van der Waals surface area (Å²) in [4.78, 5) is 16.6. The second kappa shape index (κ2) is 4.74. The van der Waals surface area contributed by atoms with Crippen LogP contribution in [0, 0.1) is 18.6 Å². The first kappa shape index (κ1) is 12.8. The van der Waals surface area contributed by atoms with Crippen LogP contribution in [0.3, 0.4) is 0 Å². The average molecular weight is 259 g/mol. The van der Waals surface area contributed by atoms with E-state index >= 15 is 0 Å². The number of hydrogen-bond donors (Lipinski definition) is 4. The molecule has 0 unspecified atom stereocenters. The van der Waals surface area contributed by atoms with Crippen LogP contribution in [0.25, 0.3) is 10.2 Å². The number of H-pyrrole nitrogens is 1. The van der Waals surface area contributed by atoms with Crippen LogP contribution in [-0.2, 0) is 0 Å². The quantitative estimate of drug-likeness (QED) is 0.308. The van der Waals surface area contributed by atoms with Gasteiger partial charge in [-0.25, -0.2) is 0 Å². The highest BCUT2D eigenvalue weighted by molar-refractivity contribution is 7.71. The molecule has 2 aromatic heterocycles. The van der Waals surface area contributed by atoms with Gasteiger partial charge in [-0.1, -0.05) is 0 Å². The van der Waals surface area contributed by atoms with Gasteiger partial charge in [-0.05, 0) is 31.6 Å². The summed E-state index contributed by atoms with van der Waals surface area (Å²) in [7, 11) is 0.